The number of nitrogens with one attached hydrogen (secondary N) is 1. The number of fused-ring (bicyclic) bond motifs is 2. The maximum Gasteiger partial charge on any atom is 0.261 e. The Morgan fingerprint density at radius 1 is 1.16 bits per heavy atom. The fraction of sp³-hybridized carbons (Fsp3) is 0.400. The molecule has 2 aliphatic rings. The Kier molecular flexibility index (Phi) is 4.17. The second kappa shape index (κ2) is 6.48. The maximum absolute atomic E-state index is 13.1. The van der Waals surface area contributed by atoms with Gasteiger partial charge >= 0.3 is 0 Å². The SMILES string of the molecule is O=C(c1cc2c([nH]c1=O)CCCC2)N1CCc2ccccc2[C@@H]1CO. The molecule has 5 nitrogen and oxygen atoms in total. The summed E-state index contributed by atoms with van der Waals surface area (Å²) in [5.41, 5.74) is 4.05. The molecule has 130 valence electrons. The third kappa shape index (κ3) is 2.78. The number of aliphatic hydroxyl groups is 1. The van der Waals surface area contributed by atoms with Crippen molar-refractivity contribution in [3.63, 3.8) is 0 Å². The highest BCUT2D eigenvalue weighted by Gasteiger charge is 2.32. The van der Waals surface area contributed by atoms with E-state index in [9.17, 15) is 14.7 Å². The van der Waals surface area contributed by atoms with Gasteiger partial charge in [0.05, 0.1) is 12.6 Å². The molecule has 2 N–H and O–H groups in total. The van der Waals surface area contributed by atoms with Crippen LogP contribution in [0.3, 0.4) is 0 Å². The van der Waals surface area contributed by atoms with Crippen LogP contribution in [-0.2, 0) is 19.3 Å². The average molecular weight is 338 g/mol. The summed E-state index contributed by atoms with van der Waals surface area (Å²) in [5, 5.41) is 9.89. The van der Waals surface area contributed by atoms with Crippen molar-refractivity contribution in [1.29, 1.82) is 0 Å². The molecule has 4 rings (SSSR count). The predicted molar refractivity (Wildman–Crippen MR) is 94.7 cm³/mol. The zero-order valence-electron chi connectivity index (χ0n) is 14.1. The van der Waals surface area contributed by atoms with Crippen LogP contribution in [0.4, 0.5) is 0 Å². The van der Waals surface area contributed by atoms with Gasteiger partial charge in [0.2, 0.25) is 0 Å². The second-order valence-electron chi connectivity index (χ2n) is 6.87. The lowest BCUT2D eigenvalue weighted by molar-refractivity contribution is 0.0566. The van der Waals surface area contributed by atoms with Gasteiger partial charge in [-0.15, -0.1) is 0 Å². The molecule has 0 unspecified atom stereocenters. The van der Waals surface area contributed by atoms with E-state index in [1.165, 1.54) is 0 Å². The van der Waals surface area contributed by atoms with Gasteiger partial charge in [-0.1, -0.05) is 24.3 Å². The van der Waals surface area contributed by atoms with Gasteiger partial charge in [-0.05, 0) is 54.9 Å². The first-order chi connectivity index (χ1) is 12.2. The molecular formula is C20H22N2O3. The fourth-order valence-electron chi connectivity index (χ4n) is 4.08. The number of benzene rings is 1. The Bertz CT molecular complexity index is 871. The van der Waals surface area contributed by atoms with Gasteiger partial charge in [-0.3, -0.25) is 9.59 Å². The van der Waals surface area contributed by atoms with Crippen LogP contribution in [0.15, 0.2) is 35.1 Å². The number of carbonyl (C=O) groups excluding carboxylic acids is 1. The highest BCUT2D eigenvalue weighted by molar-refractivity contribution is 5.94. The Labute approximate surface area is 146 Å². The third-order valence-electron chi connectivity index (χ3n) is 5.41. The lowest BCUT2D eigenvalue weighted by Crippen LogP contribution is -2.43. The van der Waals surface area contributed by atoms with Crippen LogP contribution < -0.4 is 5.56 Å². The van der Waals surface area contributed by atoms with Crippen LogP contribution in [0.5, 0.6) is 0 Å². The molecule has 1 atom stereocenters. The zero-order valence-corrected chi connectivity index (χ0v) is 14.1. The van der Waals surface area contributed by atoms with Crippen molar-refractivity contribution >= 4 is 5.91 Å². The Morgan fingerprint density at radius 3 is 2.80 bits per heavy atom. The van der Waals surface area contributed by atoms with Crippen LogP contribution in [0.1, 0.15) is 51.6 Å². The second-order valence-corrected chi connectivity index (χ2v) is 6.87. The van der Waals surface area contributed by atoms with Crippen molar-refractivity contribution in [2.24, 2.45) is 0 Å². The monoisotopic (exact) mass is 338 g/mol. The number of aliphatic hydroxyl groups excluding tert-OH is 1. The molecule has 0 bridgehead atoms. The van der Waals surface area contributed by atoms with Gasteiger partial charge in [0.1, 0.15) is 5.56 Å². The average Bonchev–Trinajstić information content (AvgIpc) is 2.66. The number of rotatable bonds is 2. The predicted octanol–water partition coefficient (Wildman–Crippen LogP) is 1.99. The first kappa shape index (κ1) is 16.1. The summed E-state index contributed by atoms with van der Waals surface area (Å²) in [5.74, 6) is -0.289. The summed E-state index contributed by atoms with van der Waals surface area (Å²) in [6.45, 7) is 0.364. The van der Waals surface area contributed by atoms with Crippen LogP contribution in [0, 0.1) is 0 Å². The van der Waals surface area contributed by atoms with Crippen molar-refractivity contribution in [1.82, 2.24) is 9.88 Å². The lowest BCUT2D eigenvalue weighted by Gasteiger charge is -2.36. The Hall–Kier alpha value is -2.40. The number of hydrogen-bond acceptors (Lipinski definition) is 3. The summed E-state index contributed by atoms with van der Waals surface area (Å²) in [7, 11) is 0. The van der Waals surface area contributed by atoms with Crippen LogP contribution in [0.2, 0.25) is 0 Å². The first-order valence-electron chi connectivity index (χ1n) is 8.93. The molecule has 1 amide bonds. The number of H-pyrrole nitrogens is 1. The molecule has 0 saturated heterocycles. The molecule has 0 spiro atoms. The third-order valence-corrected chi connectivity index (χ3v) is 5.41. The zero-order chi connectivity index (χ0) is 17.4. The summed E-state index contributed by atoms with van der Waals surface area (Å²) in [6.07, 6.45) is 4.67. The van der Waals surface area contributed by atoms with E-state index in [-0.39, 0.29) is 23.6 Å². The molecule has 1 aliphatic heterocycles. The maximum atomic E-state index is 13.1. The van der Waals surface area contributed by atoms with E-state index in [1.807, 2.05) is 24.3 Å². The van der Waals surface area contributed by atoms with E-state index in [4.69, 9.17) is 0 Å². The van der Waals surface area contributed by atoms with E-state index in [0.29, 0.717) is 6.54 Å². The quantitative estimate of drug-likeness (QED) is 0.879. The number of aromatic amines is 1. The molecule has 1 aromatic carbocycles. The van der Waals surface area contributed by atoms with Crippen LogP contribution in [-0.4, -0.2) is 34.0 Å². The number of pyridine rings is 1. The van der Waals surface area contributed by atoms with Gasteiger partial charge in [0.15, 0.2) is 0 Å². The van der Waals surface area contributed by atoms with Gasteiger partial charge in [0, 0.05) is 12.2 Å². The number of aromatic nitrogens is 1. The molecule has 0 saturated carbocycles. The molecule has 2 heterocycles. The first-order valence-corrected chi connectivity index (χ1v) is 8.93. The standard InChI is InChI=1S/C20H22N2O3/c23-12-18-15-7-3-1-5-13(15)9-10-22(18)20(25)16-11-14-6-2-4-8-17(14)21-19(16)24/h1,3,5,7,11,18,23H,2,4,6,8-10,12H2,(H,21,24)/t18-/m0/s1. The van der Waals surface area contributed by atoms with Gasteiger partial charge in [-0.25, -0.2) is 0 Å². The highest BCUT2D eigenvalue weighted by atomic mass is 16.3. The molecule has 0 radical (unpaired) electrons. The van der Waals surface area contributed by atoms with Crippen molar-refractivity contribution in [3.8, 4) is 0 Å². The van der Waals surface area contributed by atoms with Gasteiger partial charge in [-0.2, -0.15) is 0 Å². The number of hydrogen-bond donors (Lipinski definition) is 2. The van der Waals surface area contributed by atoms with Crippen molar-refractivity contribution in [3.05, 3.63) is 68.6 Å². The number of aryl methyl sites for hydroxylation is 2. The lowest BCUT2D eigenvalue weighted by atomic mass is 9.91. The summed E-state index contributed by atoms with van der Waals surface area (Å²) in [6, 6.07) is 9.25. The Balaban J connectivity index is 1.71. The molecule has 5 heteroatoms. The minimum Gasteiger partial charge on any atom is -0.394 e. The molecule has 25 heavy (non-hydrogen) atoms. The van der Waals surface area contributed by atoms with Crippen molar-refractivity contribution in [2.45, 2.75) is 38.1 Å². The molecule has 1 aliphatic carbocycles. The molecule has 1 aromatic heterocycles. The fourth-order valence-corrected chi connectivity index (χ4v) is 4.08. The largest absolute Gasteiger partial charge is 0.394 e. The molecule has 0 fully saturated rings. The summed E-state index contributed by atoms with van der Waals surface area (Å²) >= 11 is 0. The minimum absolute atomic E-state index is 0.147. The Morgan fingerprint density at radius 2 is 1.96 bits per heavy atom. The van der Waals surface area contributed by atoms with Crippen LogP contribution in [0.25, 0.3) is 0 Å². The normalized spacial score (nSPS) is 19.2. The number of amides is 1. The van der Waals surface area contributed by atoms with E-state index in [0.717, 1.165) is 54.5 Å². The minimum atomic E-state index is -0.395. The topological polar surface area (TPSA) is 73.4 Å². The summed E-state index contributed by atoms with van der Waals surface area (Å²) in [4.78, 5) is 30.1. The van der Waals surface area contributed by atoms with Gasteiger partial charge in [0.25, 0.3) is 11.5 Å². The molecule has 2 aromatic rings. The van der Waals surface area contributed by atoms with E-state index in [1.54, 1.807) is 11.0 Å². The van der Waals surface area contributed by atoms with E-state index >= 15 is 0 Å². The number of carbonyl (C=O) groups is 1. The molecular weight excluding hydrogens is 316 g/mol. The van der Waals surface area contributed by atoms with Gasteiger partial charge < -0.3 is 15.0 Å². The van der Waals surface area contributed by atoms with Crippen molar-refractivity contribution < 1.29 is 9.90 Å². The highest BCUT2D eigenvalue weighted by Crippen LogP contribution is 2.30. The van der Waals surface area contributed by atoms with E-state index in [2.05, 4.69) is 4.98 Å². The summed E-state index contributed by atoms with van der Waals surface area (Å²) < 4.78 is 0. The smallest absolute Gasteiger partial charge is 0.261 e. The van der Waals surface area contributed by atoms with Crippen LogP contribution >= 0.6 is 0 Å². The van der Waals surface area contributed by atoms with E-state index < -0.39 is 6.04 Å². The van der Waals surface area contributed by atoms with Crippen molar-refractivity contribution in [2.75, 3.05) is 13.2 Å². The number of nitrogens with zero attached hydrogens (tertiary/aromatic N) is 1.